The number of hydrogen-bond donors (Lipinski definition) is 0. The van der Waals surface area contributed by atoms with Crippen LogP contribution in [-0.4, -0.2) is 24.6 Å². The van der Waals surface area contributed by atoms with E-state index in [1.165, 1.54) is 5.56 Å². The summed E-state index contributed by atoms with van der Waals surface area (Å²) in [7, 11) is 0. The summed E-state index contributed by atoms with van der Waals surface area (Å²) in [5, 5.41) is 0. The average molecular weight is 292 g/mol. The standard InChI is InChI=1S/C18H28O3/c1-15(13-19)12-17(21-18(2,3)4)10-11-20-14-16-8-6-5-7-9-16/h5-9,13,15,17H,10-12,14H2,1-4H3. The molecule has 0 heterocycles. The number of aldehydes is 1. The van der Waals surface area contributed by atoms with Crippen molar-refractivity contribution in [2.24, 2.45) is 5.92 Å². The number of hydrogen-bond acceptors (Lipinski definition) is 3. The predicted octanol–water partition coefficient (Wildman–Crippen LogP) is 4.00. The summed E-state index contributed by atoms with van der Waals surface area (Å²) < 4.78 is 11.7. The second kappa shape index (κ2) is 8.96. The van der Waals surface area contributed by atoms with Crippen LogP contribution in [0.25, 0.3) is 0 Å². The first kappa shape index (κ1) is 17.9. The molecule has 0 aliphatic rings. The molecule has 2 unspecified atom stereocenters. The molecule has 0 N–H and O–H groups in total. The van der Waals surface area contributed by atoms with E-state index in [-0.39, 0.29) is 17.6 Å². The molecule has 0 saturated heterocycles. The number of benzene rings is 1. The van der Waals surface area contributed by atoms with E-state index in [2.05, 4.69) is 12.1 Å². The third-order valence-electron chi connectivity index (χ3n) is 3.08. The van der Waals surface area contributed by atoms with Gasteiger partial charge < -0.3 is 14.3 Å². The third-order valence-corrected chi connectivity index (χ3v) is 3.08. The van der Waals surface area contributed by atoms with E-state index in [9.17, 15) is 4.79 Å². The van der Waals surface area contributed by atoms with Crippen molar-refractivity contribution in [2.75, 3.05) is 6.61 Å². The topological polar surface area (TPSA) is 35.5 Å². The first-order chi connectivity index (χ1) is 9.90. The van der Waals surface area contributed by atoms with Crippen LogP contribution in [0.4, 0.5) is 0 Å². The Hall–Kier alpha value is -1.19. The first-order valence-corrected chi connectivity index (χ1v) is 7.65. The fourth-order valence-corrected chi connectivity index (χ4v) is 2.17. The molecular weight excluding hydrogens is 264 g/mol. The molecule has 118 valence electrons. The van der Waals surface area contributed by atoms with E-state index < -0.39 is 0 Å². The molecule has 2 atom stereocenters. The number of ether oxygens (including phenoxy) is 2. The van der Waals surface area contributed by atoms with Gasteiger partial charge in [0.25, 0.3) is 0 Å². The number of carbonyl (C=O) groups excluding carboxylic acids is 1. The molecule has 0 spiro atoms. The van der Waals surface area contributed by atoms with Crippen molar-refractivity contribution in [3.63, 3.8) is 0 Å². The van der Waals surface area contributed by atoms with E-state index in [1.54, 1.807) is 0 Å². The van der Waals surface area contributed by atoms with Gasteiger partial charge in [-0.15, -0.1) is 0 Å². The van der Waals surface area contributed by atoms with E-state index in [1.807, 2.05) is 45.9 Å². The second-order valence-electron chi connectivity index (χ2n) is 6.53. The smallest absolute Gasteiger partial charge is 0.122 e. The summed E-state index contributed by atoms with van der Waals surface area (Å²) in [5.41, 5.74) is 0.972. The van der Waals surface area contributed by atoms with Crippen molar-refractivity contribution in [2.45, 2.75) is 58.8 Å². The van der Waals surface area contributed by atoms with Crippen LogP contribution in [-0.2, 0) is 20.9 Å². The van der Waals surface area contributed by atoms with Gasteiger partial charge in [0.15, 0.2) is 0 Å². The molecule has 0 fully saturated rings. The lowest BCUT2D eigenvalue weighted by Crippen LogP contribution is -2.30. The molecule has 1 aromatic carbocycles. The molecule has 0 saturated carbocycles. The third kappa shape index (κ3) is 8.64. The van der Waals surface area contributed by atoms with Crippen molar-refractivity contribution in [3.8, 4) is 0 Å². The maximum atomic E-state index is 10.8. The summed E-state index contributed by atoms with van der Waals surface area (Å²) in [6.07, 6.45) is 2.60. The van der Waals surface area contributed by atoms with E-state index in [0.29, 0.717) is 13.2 Å². The fraction of sp³-hybridized carbons (Fsp3) is 0.611. The SMILES string of the molecule is CC(C=O)CC(CCOCc1ccccc1)OC(C)(C)C. The second-order valence-corrected chi connectivity index (χ2v) is 6.53. The average Bonchev–Trinajstić information content (AvgIpc) is 2.42. The van der Waals surface area contributed by atoms with Gasteiger partial charge in [-0.05, 0) is 39.2 Å². The largest absolute Gasteiger partial charge is 0.377 e. The highest BCUT2D eigenvalue weighted by atomic mass is 16.5. The molecule has 0 aliphatic heterocycles. The molecule has 0 radical (unpaired) electrons. The summed E-state index contributed by atoms with van der Waals surface area (Å²) in [6, 6.07) is 10.1. The molecule has 0 bridgehead atoms. The van der Waals surface area contributed by atoms with Crippen LogP contribution in [0.15, 0.2) is 30.3 Å². The Morgan fingerprint density at radius 1 is 1.19 bits per heavy atom. The predicted molar refractivity (Wildman–Crippen MR) is 85.2 cm³/mol. The van der Waals surface area contributed by atoms with Gasteiger partial charge >= 0.3 is 0 Å². The minimum absolute atomic E-state index is 0.0199. The Morgan fingerprint density at radius 2 is 1.86 bits per heavy atom. The highest BCUT2D eigenvalue weighted by Gasteiger charge is 2.20. The van der Waals surface area contributed by atoms with Gasteiger partial charge in [-0.1, -0.05) is 37.3 Å². The summed E-state index contributed by atoms with van der Waals surface area (Å²) in [5.74, 6) is 0.0199. The maximum absolute atomic E-state index is 10.8. The van der Waals surface area contributed by atoms with E-state index in [0.717, 1.165) is 19.1 Å². The minimum Gasteiger partial charge on any atom is -0.377 e. The van der Waals surface area contributed by atoms with Gasteiger partial charge in [0.1, 0.15) is 6.29 Å². The Balaban J connectivity index is 2.36. The Morgan fingerprint density at radius 3 is 2.43 bits per heavy atom. The monoisotopic (exact) mass is 292 g/mol. The Kier molecular flexibility index (Phi) is 7.62. The quantitative estimate of drug-likeness (QED) is 0.510. The van der Waals surface area contributed by atoms with Crippen LogP contribution in [0.5, 0.6) is 0 Å². The molecule has 0 aromatic heterocycles. The Bertz CT molecular complexity index is 395. The van der Waals surface area contributed by atoms with E-state index in [4.69, 9.17) is 9.47 Å². The van der Waals surface area contributed by atoms with Gasteiger partial charge in [-0.25, -0.2) is 0 Å². The van der Waals surface area contributed by atoms with Crippen molar-refractivity contribution in [3.05, 3.63) is 35.9 Å². The highest BCUT2D eigenvalue weighted by Crippen LogP contribution is 2.19. The lowest BCUT2D eigenvalue weighted by atomic mass is 10.0. The van der Waals surface area contributed by atoms with Gasteiger partial charge in [0, 0.05) is 12.5 Å². The normalized spacial score (nSPS) is 14.7. The molecule has 0 amide bonds. The van der Waals surface area contributed by atoms with Crippen molar-refractivity contribution < 1.29 is 14.3 Å². The van der Waals surface area contributed by atoms with Crippen LogP contribution < -0.4 is 0 Å². The molecule has 3 nitrogen and oxygen atoms in total. The number of carbonyl (C=O) groups is 1. The zero-order chi connectivity index (χ0) is 15.7. The molecule has 1 rings (SSSR count). The van der Waals surface area contributed by atoms with Crippen LogP contribution in [0.1, 0.15) is 46.1 Å². The van der Waals surface area contributed by atoms with Crippen LogP contribution in [0, 0.1) is 5.92 Å². The lowest BCUT2D eigenvalue weighted by Gasteiger charge is -2.28. The summed E-state index contributed by atoms with van der Waals surface area (Å²) in [4.78, 5) is 10.8. The molecule has 3 heteroatoms. The summed E-state index contributed by atoms with van der Waals surface area (Å²) in [6.45, 7) is 9.30. The van der Waals surface area contributed by atoms with Gasteiger partial charge in [-0.3, -0.25) is 0 Å². The fourth-order valence-electron chi connectivity index (χ4n) is 2.17. The molecule has 1 aromatic rings. The van der Waals surface area contributed by atoms with Gasteiger partial charge in [-0.2, -0.15) is 0 Å². The van der Waals surface area contributed by atoms with Crippen LogP contribution >= 0.6 is 0 Å². The van der Waals surface area contributed by atoms with Crippen molar-refractivity contribution in [1.29, 1.82) is 0 Å². The van der Waals surface area contributed by atoms with Gasteiger partial charge in [0.05, 0.1) is 18.3 Å². The van der Waals surface area contributed by atoms with Crippen molar-refractivity contribution >= 4 is 6.29 Å². The highest BCUT2D eigenvalue weighted by molar-refractivity contribution is 5.52. The first-order valence-electron chi connectivity index (χ1n) is 7.65. The van der Waals surface area contributed by atoms with Crippen molar-refractivity contribution in [1.82, 2.24) is 0 Å². The maximum Gasteiger partial charge on any atom is 0.122 e. The van der Waals surface area contributed by atoms with E-state index >= 15 is 0 Å². The zero-order valence-corrected chi connectivity index (χ0v) is 13.7. The van der Waals surface area contributed by atoms with Crippen LogP contribution in [0.2, 0.25) is 0 Å². The molecular formula is C18H28O3. The molecule has 21 heavy (non-hydrogen) atoms. The Labute approximate surface area is 128 Å². The lowest BCUT2D eigenvalue weighted by molar-refractivity contribution is -0.115. The summed E-state index contributed by atoms with van der Waals surface area (Å²) >= 11 is 0. The minimum atomic E-state index is -0.202. The van der Waals surface area contributed by atoms with Gasteiger partial charge in [0.2, 0.25) is 0 Å². The molecule has 0 aliphatic carbocycles. The zero-order valence-electron chi connectivity index (χ0n) is 13.7. The van der Waals surface area contributed by atoms with Crippen LogP contribution in [0.3, 0.4) is 0 Å². The number of rotatable bonds is 9.